The summed E-state index contributed by atoms with van der Waals surface area (Å²) in [6.45, 7) is 0. The van der Waals surface area contributed by atoms with Crippen molar-refractivity contribution in [1.82, 2.24) is 26.3 Å². The molecule has 4 N–H and O–H groups in total. The lowest BCUT2D eigenvalue weighted by Gasteiger charge is -2.06. The molecule has 204 valence electrons. The van der Waals surface area contributed by atoms with E-state index in [1.165, 1.54) is 47.0 Å². The van der Waals surface area contributed by atoms with Crippen molar-refractivity contribution in [3.63, 3.8) is 0 Å². The molecule has 0 spiro atoms. The zero-order chi connectivity index (χ0) is 26.8. The Morgan fingerprint density at radius 1 is 0.595 bits per heavy atom. The predicted octanol–water partition coefficient (Wildman–Crippen LogP) is 3.61. The Morgan fingerprint density at radius 3 is 1.27 bits per heavy atom. The number of nitrogens with zero attached hydrogens (tertiary/aromatic N) is 1. The van der Waals surface area contributed by atoms with Gasteiger partial charge in [-0.1, -0.05) is 19.6 Å². The number of thioether (sulfide) groups is 4. The highest BCUT2D eigenvalue weighted by molar-refractivity contribution is 7.99. The van der Waals surface area contributed by atoms with Gasteiger partial charge in [0.25, 0.3) is 23.6 Å². The normalized spacial score (nSPS) is 9.62. The SMILES string of the molecule is C.CSCNC(=O)c1cccc(C(=O)NCSC)c1.CSCNC(=O)c1cccc(C(=O)NCSC)n1. The molecule has 0 fully saturated rings. The van der Waals surface area contributed by atoms with Crippen LogP contribution in [0.4, 0.5) is 0 Å². The van der Waals surface area contributed by atoms with Crippen LogP contribution in [0.15, 0.2) is 42.5 Å². The Balaban J connectivity index is 0.000000682. The van der Waals surface area contributed by atoms with Gasteiger partial charge in [0.1, 0.15) is 11.4 Å². The molecule has 0 atom stereocenters. The largest absolute Gasteiger partial charge is 0.343 e. The highest BCUT2D eigenvalue weighted by Gasteiger charge is 2.11. The first kappa shape index (κ1) is 34.6. The summed E-state index contributed by atoms with van der Waals surface area (Å²) < 4.78 is 0. The molecule has 0 saturated carbocycles. The minimum atomic E-state index is -0.274. The van der Waals surface area contributed by atoms with E-state index < -0.39 is 0 Å². The third kappa shape index (κ3) is 13.7. The molecule has 2 aromatic rings. The second-order valence-electron chi connectivity index (χ2n) is 6.74. The van der Waals surface area contributed by atoms with E-state index in [1.807, 2.05) is 25.0 Å². The van der Waals surface area contributed by atoms with Crippen LogP contribution in [0.5, 0.6) is 0 Å². The van der Waals surface area contributed by atoms with Gasteiger partial charge in [-0.2, -0.15) is 0 Å². The minimum absolute atomic E-state index is 0. The number of carbonyl (C=O) groups excluding carboxylic acids is 4. The molecule has 9 nitrogen and oxygen atoms in total. The molecular weight excluding hydrogens is 551 g/mol. The number of benzene rings is 1. The summed E-state index contributed by atoms with van der Waals surface area (Å²) in [4.78, 5) is 50.8. The van der Waals surface area contributed by atoms with E-state index in [2.05, 4.69) is 26.3 Å². The molecule has 13 heteroatoms. The average Bonchev–Trinajstić information content (AvgIpc) is 2.92. The van der Waals surface area contributed by atoms with Crippen LogP contribution in [0.25, 0.3) is 0 Å². The Morgan fingerprint density at radius 2 is 0.919 bits per heavy atom. The van der Waals surface area contributed by atoms with Crippen molar-refractivity contribution in [2.24, 2.45) is 0 Å². The highest BCUT2D eigenvalue weighted by atomic mass is 32.2. The Hall–Kier alpha value is -2.35. The number of hydrogen-bond acceptors (Lipinski definition) is 9. The number of pyridine rings is 1. The smallest absolute Gasteiger partial charge is 0.270 e. The number of amides is 4. The fraction of sp³-hybridized carbons (Fsp3) is 0.375. The highest BCUT2D eigenvalue weighted by Crippen LogP contribution is 2.06. The summed E-state index contributed by atoms with van der Waals surface area (Å²) in [7, 11) is 0. The third-order valence-electron chi connectivity index (χ3n) is 4.11. The first-order valence-corrected chi connectivity index (χ1v) is 16.1. The molecule has 0 bridgehead atoms. The van der Waals surface area contributed by atoms with Crippen LogP contribution in [-0.2, 0) is 0 Å². The first-order chi connectivity index (χ1) is 17.4. The molecule has 1 heterocycles. The summed E-state index contributed by atoms with van der Waals surface area (Å²) in [5.41, 5.74) is 1.50. The molecule has 1 aromatic carbocycles. The summed E-state index contributed by atoms with van der Waals surface area (Å²) in [5, 5.41) is 10.9. The number of rotatable bonds is 12. The first-order valence-electron chi connectivity index (χ1n) is 10.5. The number of nitrogens with one attached hydrogen (secondary N) is 4. The zero-order valence-corrected chi connectivity index (χ0v) is 23.8. The molecule has 37 heavy (non-hydrogen) atoms. The number of carbonyl (C=O) groups is 4. The summed E-state index contributed by atoms with van der Waals surface area (Å²) in [6.07, 6.45) is 7.60. The van der Waals surface area contributed by atoms with Crippen molar-refractivity contribution < 1.29 is 19.2 Å². The van der Waals surface area contributed by atoms with Gasteiger partial charge in [-0.15, -0.1) is 47.0 Å². The maximum atomic E-state index is 11.7. The van der Waals surface area contributed by atoms with Crippen molar-refractivity contribution in [1.29, 1.82) is 0 Å². The summed E-state index contributed by atoms with van der Waals surface area (Å²) in [6, 6.07) is 11.5. The molecule has 0 saturated heterocycles. The van der Waals surface area contributed by atoms with E-state index in [1.54, 1.807) is 42.5 Å². The molecule has 4 amide bonds. The van der Waals surface area contributed by atoms with Crippen LogP contribution >= 0.6 is 47.0 Å². The van der Waals surface area contributed by atoms with Crippen LogP contribution in [0.3, 0.4) is 0 Å². The van der Waals surface area contributed by atoms with Gasteiger partial charge in [-0.3, -0.25) is 19.2 Å². The second kappa shape index (κ2) is 20.7. The molecular formula is C24H35N5O4S4. The van der Waals surface area contributed by atoms with Crippen molar-refractivity contribution >= 4 is 70.7 Å². The van der Waals surface area contributed by atoms with Crippen LogP contribution < -0.4 is 21.3 Å². The van der Waals surface area contributed by atoms with Crippen LogP contribution in [0.1, 0.15) is 49.1 Å². The monoisotopic (exact) mass is 585 g/mol. The van der Waals surface area contributed by atoms with Crippen molar-refractivity contribution in [3.8, 4) is 0 Å². The predicted molar refractivity (Wildman–Crippen MR) is 161 cm³/mol. The Kier molecular flexibility index (Phi) is 19.4. The van der Waals surface area contributed by atoms with E-state index in [4.69, 9.17) is 0 Å². The molecule has 0 aliphatic rings. The fourth-order valence-electron chi connectivity index (χ4n) is 2.43. The second-order valence-corrected chi connectivity index (χ2v) is 10.2. The van der Waals surface area contributed by atoms with Gasteiger partial charge in [0, 0.05) is 11.1 Å². The van der Waals surface area contributed by atoms with Gasteiger partial charge >= 0.3 is 0 Å². The Bertz CT molecular complexity index is 861. The van der Waals surface area contributed by atoms with E-state index in [-0.39, 0.29) is 42.4 Å². The fourth-order valence-corrected chi connectivity index (χ4v) is 3.53. The minimum Gasteiger partial charge on any atom is -0.343 e. The lowest BCUT2D eigenvalue weighted by atomic mass is 10.1. The quantitative estimate of drug-likeness (QED) is 0.276. The van der Waals surface area contributed by atoms with E-state index >= 15 is 0 Å². The molecule has 0 radical (unpaired) electrons. The molecule has 0 aliphatic heterocycles. The molecule has 2 rings (SSSR count). The van der Waals surface area contributed by atoms with Crippen LogP contribution in [0, 0.1) is 0 Å². The summed E-state index contributed by atoms with van der Waals surface area (Å²) in [5.74, 6) is 1.27. The van der Waals surface area contributed by atoms with Crippen LogP contribution in [-0.4, -0.2) is 77.1 Å². The van der Waals surface area contributed by atoms with E-state index in [0.29, 0.717) is 34.6 Å². The molecule has 1 aromatic heterocycles. The van der Waals surface area contributed by atoms with E-state index in [9.17, 15) is 19.2 Å². The van der Waals surface area contributed by atoms with Crippen molar-refractivity contribution in [2.45, 2.75) is 7.43 Å². The third-order valence-corrected chi connectivity index (χ3v) is 5.84. The standard InChI is InChI=1S/C12H16N2O2S2.C11H15N3O2S2.CH4/c1-17-7-13-11(15)9-4-3-5-10(6-9)12(16)14-8-18-2;1-17-6-12-10(15)8-4-3-5-9(14-8)11(16)13-7-18-2;/h3-6H,7-8H2,1-2H3,(H,13,15)(H,14,16);3-5H,6-7H2,1-2H3,(H,12,15)(H,13,16);1H4. The Labute approximate surface area is 236 Å². The van der Waals surface area contributed by atoms with Crippen molar-refractivity contribution in [3.05, 3.63) is 65.0 Å². The average molecular weight is 586 g/mol. The van der Waals surface area contributed by atoms with Gasteiger partial charge in [-0.25, -0.2) is 4.98 Å². The molecule has 0 aliphatic carbocycles. The van der Waals surface area contributed by atoms with Crippen molar-refractivity contribution in [2.75, 3.05) is 48.5 Å². The van der Waals surface area contributed by atoms with Gasteiger partial charge in [0.2, 0.25) is 0 Å². The number of aromatic nitrogens is 1. The lowest BCUT2D eigenvalue weighted by Crippen LogP contribution is -2.27. The maximum absolute atomic E-state index is 11.7. The van der Waals surface area contributed by atoms with E-state index in [0.717, 1.165) is 0 Å². The lowest BCUT2D eigenvalue weighted by molar-refractivity contribution is 0.0940. The topological polar surface area (TPSA) is 129 Å². The molecule has 0 unspecified atom stereocenters. The summed E-state index contributed by atoms with van der Waals surface area (Å²) >= 11 is 6.07. The van der Waals surface area contributed by atoms with Gasteiger partial charge < -0.3 is 21.3 Å². The van der Waals surface area contributed by atoms with Crippen LogP contribution in [0.2, 0.25) is 0 Å². The number of hydrogen-bond donors (Lipinski definition) is 4. The van der Waals surface area contributed by atoms with Gasteiger partial charge in [0.15, 0.2) is 0 Å². The van der Waals surface area contributed by atoms with Gasteiger partial charge in [-0.05, 0) is 55.4 Å². The maximum Gasteiger partial charge on any atom is 0.270 e. The van der Waals surface area contributed by atoms with Gasteiger partial charge in [0.05, 0.1) is 23.5 Å². The zero-order valence-electron chi connectivity index (χ0n) is 20.6.